The largest absolute Gasteiger partial charge is 0.481 e. The summed E-state index contributed by atoms with van der Waals surface area (Å²) in [5.74, 6) is -0.407. The lowest BCUT2D eigenvalue weighted by Gasteiger charge is -2.23. The fourth-order valence-corrected chi connectivity index (χ4v) is 5.32. The van der Waals surface area contributed by atoms with Gasteiger partial charge in [0.15, 0.2) is 0 Å². The molecule has 0 saturated carbocycles. The number of carbonyl (C=O) groups is 1. The minimum Gasteiger partial charge on any atom is -0.481 e. The number of carboxylic acids is 1. The van der Waals surface area contributed by atoms with Gasteiger partial charge in [-0.3, -0.25) is 4.79 Å². The fourth-order valence-electron chi connectivity index (χ4n) is 4.00. The van der Waals surface area contributed by atoms with Gasteiger partial charge in [0.25, 0.3) is 0 Å². The summed E-state index contributed by atoms with van der Waals surface area (Å²) in [7, 11) is 0. The summed E-state index contributed by atoms with van der Waals surface area (Å²) >= 11 is 7.94. The van der Waals surface area contributed by atoms with E-state index in [1.807, 2.05) is 23.9 Å². The molecule has 0 saturated heterocycles. The van der Waals surface area contributed by atoms with Crippen LogP contribution in [-0.2, 0) is 17.6 Å². The number of benzene rings is 2. The van der Waals surface area contributed by atoms with Crippen molar-refractivity contribution < 1.29 is 9.90 Å². The Morgan fingerprint density at radius 1 is 1.06 bits per heavy atom. The van der Waals surface area contributed by atoms with Gasteiger partial charge in [0.2, 0.25) is 0 Å². The van der Waals surface area contributed by atoms with Crippen LogP contribution in [0.2, 0.25) is 5.02 Å². The fraction of sp³-hybridized carbons (Fsp3) is 0.444. The lowest BCUT2D eigenvalue weighted by atomic mass is 9.87. The molecule has 0 aliphatic heterocycles. The van der Waals surface area contributed by atoms with Crippen molar-refractivity contribution in [3.63, 3.8) is 0 Å². The van der Waals surface area contributed by atoms with Gasteiger partial charge in [-0.25, -0.2) is 0 Å². The molecule has 3 nitrogen and oxygen atoms in total. The zero-order chi connectivity index (χ0) is 23.8. The van der Waals surface area contributed by atoms with Crippen LogP contribution < -0.4 is 0 Å². The molecule has 0 atom stereocenters. The third kappa shape index (κ3) is 5.52. The van der Waals surface area contributed by atoms with Gasteiger partial charge in [-0.15, -0.1) is 11.8 Å². The number of rotatable bonds is 7. The Balaban J connectivity index is 2.27. The number of halogens is 1. The summed E-state index contributed by atoms with van der Waals surface area (Å²) < 4.78 is -0.0113. The van der Waals surface area contributed by atoms with Crippen molar-refractivity contribution in [3.05, 3.63) is 63.8 Å². The van der Waals surface area contributed by atoms with E-state index in [-0.39, 0.29) is 4.75 Å². The van der Waals surface area contributed by atoms with Crippen LogP contribution in [-0.4, -0.2) is 20.8 Å². The Bertz CT molecular complexity index is 1120. The molecule has 0 amide bonds. The number of nitrogens with one attached hydrogen (secondary N) is 1. The van der Waals surface area contributed by atoms with Crippen molar-refractivity contribution in [2.45, 2.75) is 76.9 Å². The quantitative estimate of drug-likeness (QED) is 0.342. The molecule has 172 valence electrons. The van der Waals surface area contributed by atoms with Crippen LogP contribution >= 0.6 is 23.4 Å². The van der Waals surface area contributed by atoms with E-state index in [4.69, 9.17) is 11.6 Å². The molecular formula is C27H34ClNO2S. The van der Waals surface area contributed by atoms with Gasteiger partial charge in [0.05, 0.1) is 5.41 Å². The molecule has 0 aliphatic rings. The highest BCUT2D eigenvalue weighted by Crippen LogP contribution is 2.44. The molecule has 3 aromatic rings. The summed E-state index contributed by atoms with van der Waals surface area (Å²) in [4.78, 5) is 16.7. The van der Waals surface area contributed by atoms with Gasteiger partial charge in [-0.1, -0.05) is 64.4 Å². The number of hydrogen-bond donors (Lipinski definition) is 2. The monoisotopic (exact) mass is 471 g/mol. The summed E-state index contributed by atoms with van der Waals surface area (Å²) in [6.07, 6.45) is 1.26. The van der Waals surface area contributed by atoms with E-state index in [2.05, 4.69) is 63.9 Å². The molecule has 0 spiro atoms. The van der Waals surface area contributed by atoms with Crippen LogP contribution in [0.1, 0.15) is 76.8 Å². The zero-order valence-corrected chi connectivity index (χ0v) is 21.7. The van der Waals surface area contributed by atoms with Gasteiger partial charge < -0.3 is 10.1 Å². The predicted octanol–water partition coefficient (Wildman–Crippen LogP) is 8.08. The van der Waals surface area contributed by atoms with Crippen molar-refractivity contribution in [2.75, 3.05) is 0 Å². The highest BCUT2D eigenvalue weighted by atomic mass is 35.5. The van der Waals surface area contributed by atoms with Crippen molar-refractivity contribution in [3.8, 4) is 0 Å². The van der Waals surface area contributed by atoms with E-state index in [1.165, 1.54) is 27.0 Å². The Kier molecular flexibility index (Phi) is 7.07. The number of hydrogen-bond acceptors (Lipinski definition) is 2. The number of aromatic amines is 1. The first-order valence-corrected chi connectivity index (χ1v) is 12.3. The second-order valence-electron chi connectivity index (χ2n) is 10.5. The summed E-state index contributed by atoms with van der Waals surface area (Å²) in [5.41, 5.74) is 5.06. The maximum atomic E-state index is 11.9. The van der Waals surface area contributed by atoms with Crippen LogP contribution in [0.15, 0.2) is 41.3 Å². The average molecular weight is 472 g/mol. The third-order valence-electron chi connectivity index (χ3n) is 5.66. The number of H-pyrrole nitrogens is 1. The minimum atomic E-state index is -0.856. The van der Waals surface area contributed by atoms with Crippen molar-refractivity contribution >= 4 is 40.2 Å². The number of aromatic nitrogens is 1. The van der Waals surface area contributed by atoms with Gasteiger partial charge >= 0.3 is 5.97 Å². The number of fused-ring (bicyclic) bond motifs is 1. The van der Waals surface area contributed by atoms with Crippen LogP contribution in [0, 0.1) is 5.41 Å². The molecule has 0 bridgehead atoms. The molecule has 5 heteroatoms. The van der Waals surface area contributed by atoms with Crippen molar-refractivity contribution in [1.82, 2.24) is 4.98 Å². The van der Waals surface area contributed by atoms with E-state index in [0.29, 0.717) is 12.3 Å². The van der Waals surface area contributed by atoms with Gasteiger partial charge in [-0.2, -0.15) is 0 Å². The third-order valence-corrected chi connectivity index (χ3v) is 7.18. The topological polar surface area (TPSA) is 53.1 Å². The molecule has 3 rings (SSSR count). The molecule has 32 heavy (non-hydrogen) atoms. The van der Waals surface area contributed by atoms with E-state index >= 15 is 0 Å². The van der Waals surface area contributed by atoms with E-state index in [1.54, 1.807) is 13.8 Å². The van der Waals surface area contributed by atoms with Gasteiger partial charge in [-0.05, 0) is 61.1 Å². The molecule has 1 heterocycles. The molecule has 0 aliphatic carbocycles. The summed E-state index contributed by atoms with van der Waals surface area (Å²) in [6, 6.07) is 12.4. The van der Waals surface area contributed by atoms with Crippen molar-refractivity contribution in [2.24, 2.45) is 5.41 Å². The molecular weight excluding hydrogens is 438 g/mol. The lowest BCUT2D eigenvalue weighted by Crippen LogP contribution is -2.26. The van der Waals surface area contributed by atoms with Gasteiger partial charge in [0.1, 0.15) is 0 Å². The first kappa shape index (κ1) is 24.7. The molecule has 1 aromatic heterocycles. The van der Waals surface area contributed by atoms with Crippen LogP contribution in [0.5, 0.6) is 0 Å². The Hall–Kier alpha value is -1.91. The van der Waals surface area contributed by atoms with E-state index in [0.717, 1.165) is 22.7 Å². The maximum Gasteiger partial charge on any atom is 0.309 e. The number of thioether (sulfide) groups is 1. The van der Waals surface area contributed by atoms with E-state index in [9.17, 15) is 9.90 Å². The SMILES string of the molecule is CC(C)c1ccc2[nH]c(CC(C)(C)C(=O)O)c(SC(C)(C)C)c2c1Cc1ccc(Cl)cc1. The molecule has 0 unspecified atom stereocenters. The Morgan fingerprint density at radius 3 is 2.22 bits per heavy atom. The number of carboxylic acid groups (broad SMARTS) is 1. The first-order valence-electron chi connectivity index (χ1n) is 11.1. The highest BCUT2D eigenvalue weighted by Gasteiger charge is 2.31. The average Bonchev–Trinajstić information content (AvgIpc) is 2.98. The van der Waals surface area contributed by atoms with Crippen LogP contribution in [0.4, 0.5) is 0 Å². The second kappa shape index (κ2) is 9.15. The van der Waals surface area contributed by atoms with Gasteiger partial charge in [0, 0.05) is 37.7 Å². The molecule has 0 fully saturated rings. The zero-order valence-electron chi connectivity index (χ0n) is 20.1. The molecule has 0 radical (unpaired) electrons. The molecule has 2 aromatic carbocycles. The van der Waals surface area contributed by atoms with Crippen LogP contribution in [0.3, 0.4) is 0 Å². The minimum absolute atomic E-state index is 0.0113. The van der Waals surface area contributed by atoms with E-state index < -0.39 is 11.4 Å². The second-order valence-corrected chi connectivity index (χ2v) is 12.8. The standard InChI is InChI=1S/C27H34ClNO2S/c1-16(2)19-12-13-21-23(20(19)14-17-8-10-18(28)11-9-17)24(32-26(3,4)5)22(29-21)15-27(6,7)25(30)31/h8-13,16,29H,14-15H2,1-7H3,(H,30,31). The molecule has 2 N–H and O–H groups in total. The highest BCUT2D eigenvalue weighted by molar-refractivity contribution is 8.00. The number of aliphatic carboxylic acids is 1. The predicted molar refractivity (Wildman–Crippen MR) is 137 cm³/mol. The summed E-state index contributed by atoms with van der Waals surface area (Å²) in [5, 5.41) is 11.7. The maximum absolute atomic E-state index is 11.9. The Labute approximate surface area is 201 Å². The van der Waals surface area contributed by atoms with Crippen molar-refractivity contribution in [1.29, 1.82) is 0 Å². The lowest BCUT2D eigenvalue weighted by molar-refractivity contribution is -0.146. The Morgan fingerprint density at radius 2 is 1.69 bits per heavy atom. The van der Waals surface area contributed by atoms with Crippen LogP contribution in [0.25, 0.3) is 10.9 Å². The smallest absolute Gasteiger partial charge is 0.309 e. The first-order chi connectivity index (χ1) is 14.8. The summed E-state index contributed by atoms with van der Waals surface area (Å²) in [6.45, 7) is 14.6. The normalized spacial score (nSPS) is 12.7.